The number of hydrogen-bond donors (Lipinski definition) is 2. The van der Waals surface area contributed by atoms with Crippen LogP contribution >= 0.6 is 0 Å². The van der Waals surface area contributed by atoms with E-state index in [1.54, 1.807) is 48.5 Å². The van der Waals surface area contributed by atoms with Crippen LogP contribution in [0.1, 0.15) is 82.0 Å². The van der Waals surface area contributed by atoms with Gasteiger partial charge in [0.1, 0.15) is 0 Å². The third kappa shape index (κ3) is 6.31. The van der Waals surface area contributed by atoms with Crippen LogP contribution in [0.25, 0.3) is 0 Å². The summed E-state index contributed by atoms with van der Waals surface area (Å²) in [7, 11) is 0. The molecule has 6 nitrogen and oxygen atoms in total. The molecule has 0 heterocycles. The van der Waals surface area contributed by atoms with Gasteiger partial charge >= 0.3 is 0 Å². The molecule has 195 valence electrons. The van der Waals surface area contributed by atoms with E-state index in [0.29, 0.717) is 11.1 Å². The maximum atomic E-state index is 12.2. The first-order valence-electron chi connectivity index (χ1n) is 11.5. The second-order valence-corrected chi connectivity index (χ2v) is 9.03. The molecule has 0 unspecified atom stereocenters. The molecular formula is C30H28CuO6. The molecule has 2 N–H and O–H groups in total. The van der Waals surface area contributed by atoms with Gasteiger partial charge in [0, 0.05) is 50.5 Å². The zero-order chi connectivity index (χ0) is 26.6. The average molecular weight is 548 g/mol. The third-order valence-electron chi connectivity index (χ3n) is 5.81. The molecular weight excluding hydrogens is 520 g/mol. The van der Waals surface area contributed by atoms with E-state index >= 15 is 0 Å². The van der Waals surface area contributed by atoms with Crippen molar-refractivity contribution in [2.24, 2.45) is 0 Å². The quantitative estimate of drug-likeness (QED) is 0.335. The number of benzene rings is 2. The summed E-state index contributed by atoms with van der Waals surface area (Å²) in [5, 5.41) is 19.7. The van der Waals surface area contributed by atoms with Gasteiger partial charge in [0.05, 0.1) is 0 Å². The van der Waals surface area contributed by atoms with Crippen LogP contribution in [0.15, 0.2) is 94.5 Å². The average Bonchev–Trinajstić information content (AvgIpc) is 2.86. The van der Waals surface area contributed by atoms with Gasteiger partial charge in [-0.2, -0.15) is 0 Å². The molecule has 37 heavy (non-hydrogen) atoms. The molecule has 2 aromatic carbocycles. The fourth-order valence-corrected chi connectivity index (χ4v) is 3.82. The van der Waals surface area contributed by atoms with E-state index in [1.807, 2.05) is 39.8 Å². The Kier molecular flexibility index (Phi) is 9.89. The Hall–Kier alpha value is -3.80. The van der Waals surface area contributed by atoms with Crippen molar-refractivity contribution < 1.29 is 46.5 Å². The summed E-state index contributed by atoms with van der Waals surface area (Å²) in [4.78, 5) is 48.2. The Labute approximate surface area is 226 Å². The zero-order valence-corrected chi connectivity index (χ0v) is 22.0. The van der Waals surface area contributed by atoms with Crippen molar-refractivity contribution in [3.8, 4) is 0 Å². The van der Waals surface area contributed by atoms with Gasteiger partial charge in [-0.1, -0.05) is 71.8 Å². The predicted molar refractivity (Wildman–Crippen MR) is 138 cm³/mol. The Morgan fingerprint density at radius 1 is 0.568 bits per heavy atom. The topological polar surface area (TPSA) is 109 Å². The van der Waals surface area contributed by atoms with Crippen LogP contribution in [0.4, 0.5) is 0 Å². The number of fused-ring (bicyclic) bond motifs is 2. The second kappa shape index (κ2) is 12.4. The maximum absolute atomic E-state index is 12.2. The van der Waals surface area contributed by atoms with Gasteiger partial charge in [-0.05, 0) is 40.5 Å². The second-order valence-electron chi connectivity index (χ2n) is 9.03. The third-order valence-corrected chi connectivity index (χ3v) is 5.81. The van der Waals surface area contributed by atoms with Gasteiger partial charge in [0.25, 0.3) is 0 Å². The van der Waals surface area contributed by atoms with Crippen LogP contribution in [0.3, 0.4) is 0 Å². The number of aliphatic hydroxyl groups is 2. The van der Waals surface area contributed by atoms with Crippen LogP contribution < -0.4 is 0 Å². The minimum atomic E-state index is -0.470. The normalized spacial score (nSPS) is 14.2. The fraction of sp³-hybridized carbons (Fsp3) is 0.200. The van der Waals surface area contributed by atoms with Gasteiger partial charge in [-0.25, -0.2) is 0 Å². The van der Waals surface area contributed by atoms with E-state index in [1.165, 1.54) is 0 Å². The van der Waals surface area contributed by atoms with Gasteiger partial charge in [-0.3, -0.25) is 19.2 Å². The molecule has 1 radical (unpaired) electrons. The predicted octanol–water partition coefficient (Wildman–Crippen LogP) is 6.47. The molecule has 2 aliphatic rings. The molecule has 0 fully saturated rings. The van der Waals surface area contributed by atoms with Crippen LogP contribution in [-0.2, 0) is 17.1 Å². The Balaban J connectivity index is 0.000000253. The van der Waals surface area contributed by atoms with Crippen molar-refractivity contribution in [1.82, 2.24) is 0 Å². The van der Waals surface area contributed by atoms with E-state index in [4.69, 9.17) is 0 Å². The van der Waals surface area contributed by atoms with Crippen molar-refractivity contribution in [1.29, 1.82) is 0 Å². The monoisotopic (exact) mass is 547 g/mol. The van der Waals surface area contributed by atoms with Crippen LogP contribution in [0, 0.1) is 0 Å². The van der Waals surface area contributed by atoms with E-state index in [9.17, 15) is 29.4 Å². The first kappa shape index (κ1) is 29.4. The Bertz CT molecular complexity index is 1290. The van der Waals surface area contributed by atoms with Gasteiger partial charge in [0.2, 0.25) is 11.6 Å². The summed E-state index contributed by atoms with van der Waals surface area (Å²) in [5.41, 5.74) is 3.74. The molecule has 0 atom stereocenters. The van der Waals surface area contributed by atoms with E-state index in [-0.39, 0.29) is 63.7 Å². The molecule has 2 aromatic rings. The summed E-state index contributed by atoms with van der Waals surface area (Å²) in [6.07, 6.45) is 4.22. The molecule has 0 saturated carbocycles. The molecule has 7 heteroatoms. The standard InChI is InChI=1S/2C15H14O3.Cu/c2*1-9(2)7-8-12-13(16)10-5-3-4-6-11(10)14(17)15(12)18;/h2*3-7,18H,8H2,1-2H3;. The van der Waals surface area contributed by atoms with Crippen LogP contribution in [0.2, 0.25) is 0 Å². The Morgan fingerprint density at radius 2 is 0.838 bits per heavy atom. The molecule has 0 bridgehead atoms. The van der Waals surface area contributed by atoms with Crippen molar-refractivity contribution in [2.75, 3.05) is 0 Å². The van der Waals surface area contributed by atoms with Gasteiger partial charge < -0.3 is 10.2 Å². The molecule has 4 rings (SSSR count). The van der Waals surface area contributed by atoms with Crippen molar-refractivity contribution >= 4 is 23.1 Å². The molecule has 0 aromatic heterocycles. The number of Topliss-reactive ketones (excluding diaryl/α,β-unsaturated/α-hetero) is 4. The largest absolute Gasteiger partial charge is 0.504 e. The summed E-state index contributed by atoms with van der Waals surface area (Å²) in [5.74, 6) is -2.31. The number of aliphatic hydroxyl groups excluding tert-OH is 2. The number of hydrogen-bond acceptors (Lipinski definition) is 6. The first-order chi connectivity index (χ1) is 17.0. The molecule has 0 amide bonds. The van der Waals surface area contributed by atoms with E-state index in [2.05, 4.69) is 0 Å². The van der Waals surface area contributed by atoms with E-state index in [0.717, 1.165) is 11.1 Å². The maximum Gasteiger partial charge on any atom is 0.228 e. The SMILES string of the molecule is CC(C)=CCC1=C(O)C(=O)c2ccccc2C1=O.CC(C)=CCC1=C(O)C(=O)c2ccccc2C1=O.[Cu]. The number of ketones is 4. The minimum Gasteiger partial charge on any atom is -0.504 e. The Morgan fingerprint density at radius 3 is 1.11 bits per heavy atom. The van der Waals surface area contributed by atoms with E-state index < -0.39 is 23.1 Å². The van der Waals surface area contributed by atoms with Crippen LogP contribution in [-0.4, -0.2) is 33.3 Å². The molecule has 0 spiro atoms. The zero-order valence-electron chi connectivity index (χ0n) is 21.0. The summed E-state index contributed by atoms with van der Waals surface area (Å²) in [6.45, 7) is 7.61. The number of carbonyl (C=O) groups excluding carboxylic acids is 4. The van der Waals surface area contributed by atoms with Crippen molar-refractivity contribution in [3.63, 3.8) is 0 Å². The molecule has 0 aliphatic heterocycles. The molecule has 0 saturated heterocycles. The number of carbonyl (C=O) groups is 4. The number of rotatable bonds is 4. The van der Waals surface area contributed by atoms with Gasteiger partial charge in [-0.15, -0.1) is 0 Å². The minimum absolute atomic E-state index is 0. The smallest absolute Gasteiger partial charge is 0.228 e. The van der Waals surface area contributed by atoms with Crippen molar-refractivity contribution in [2.45, 2.75) is 40.5 Å². The molecule has 2 aliphatic carbocycles. The summed E-state index contributed by atoms with van der Waals surface area (Å²) in [6, 6.07) is 13.1. The number of allylic oxidation sites excluding steroid dienone is 8. The first-order valence-corrected chi connectivity index (χ1v) is 11.5. The van der Waals surface area contributed by atoms with Gasteiger partial charge in [0.15, 0.2) is 23.1 Å². The fourth-order valence-electron chi connectivity index (χ4n) is 3.82. The van der Waals surface area contributed by atoms with Crippen LogP contribution in [0.5, 0.6) is 0 Å². The van der Waals surface area contributed by atoms with Crippen molar-refractivity contribution in [3.05, 3.63) is 117 Å². The summed E-state index contributed by atoms with van der Waals surface area (Å²) >= 11 is 0. The summed E-state index contributed by atoms with van der Waals surface area (Å²) < 4.78 is 0.